The highest BCUT2D eigenvalue weighted by atomic mass is 19.2. The Bertz CT molecular complexity index is 587. The molecule has 23 heavy (non-hydrogen) atoms. The van der Waals surface area contributed by atoms with Gasteiger partial charge in [-0.15, -0.1) is 0 Å². The summed E-state index contributed by atoms with van der Waals surface area (Å²) in [5, 5.41) is 0. The van der Waals surface area contributed by atoms with Crippen molar-refractivity contribution in [2.24, 2.45) is 0 Å². The molecule has 1 fully saturated rings. The van der Waals surface area contributed by atoms with Crippen molar-refractivity contribution in [2.45, 2.75) is 45.3 Å². The second kappa shape index (κ2) is 6.68. The fourth-order valence-electron chi connectivity index (χ4n) is 2.30. The molecule has 7 heteroatoms. The van der Waals surface area contributed by atoms with Crippen molar-refractivity contribution in [2.75, 3.05) is 13.1 Å². The fourth-order valence-corrected chi connectivity index (χ4v) is 2.30. The predicted octanol–water partition coefficient (Wildman–Crippen LogP) is 3.88. The highest BCUT2D eigenvalue weighted by molar-refractivity contribution is 5.68. The molecule has 0 unspecified atom stereocenters. The zero-order valence-corrected chi connectivity index (χ0v) is 13.4. The van der Waals surface area contributed by atoms with Crippen LogP contribution in [0, 0.1) is 17.5 Å². The lowest BCUT2D eigenvalue weighted by Crippen LogP contribution is -2.46. The van der Waals surface area contributed by atoms with Crippen LogP contribution in [0.25, 0.3) is 0 Å². The summed E-state index contributed by atoms with van der Waals surface area (Å²) in [5.41, 5.74) is -0.614. The molecule has 0 radical (unpaired) electrons. The van der Waals surface area contributed by atoms with Crippen molar-refractivity contribution in [3.8, 4) is 5.75 Å². The molecule has 1 heterocycles. The van der Waals surface area contributed by atoms with Crippen molar-refractivity contribution in [3.05, 3.63) is 29.6 Å². The van der Waals surface area contributed by atoms with Crippen molar-refractivity contribution in [1.82, 2.24) is 4.90 Å². The van der Waals surface area contributed by atoms with E-state index in [1.54, 1.807) is 20.8 Å². The van der Waals surface area contributed by atoms with E-state index < -0.39 is 35.2 Å². The van der Waals surface area contributed by atoms with E-state index in [-0.39, 0.29) is 12.3 Å². The van der Waals surface area contributed by atoms with E-state index in [0.29, 0.717) is 31.5 Å². The second-order valence-corrected chi connectivity index (χ2v) is 6.51. The number of likely N-dealkylation sites (tertiary alicyclic amines) is 1. The highest BCUT2D eigenvalue weighted by Crippen LogP contribution is 2.25. The second-order valence-electron chi connectivity index (χ2n) is 6.51. The molecule has 0 saturated carbocycles. The zero-order chi connectivity index (χ0) is 17.2. The summed E-state index contributed by atoms with van der Waals surface area (Å²) in [7, 11) is 0. The van der Waals surface area contributed by atoms with E-state index in [1.165, 1.54) is 4.90 Å². The SMILES string of the molecule is CC(C)(C)OC(=O)N1CCC[C@H](Oc2cc(F)c(F)cc2F)C1. The van der Waals surface area contributed by atoms with Gasteiger partial charge in [-0.1, -0.05) is 0 Å². The van der Waals surface area contributed by atoms with Gasteiger partial charge >= 0.3 is 6.09 Å². The Balaban J connectivity index is 2.02. The van der Waals surface area contributed by atoms with E-state index in [0.717, 1.165) is 0 Å². The minimum absolute atomic E-state index is 0.202. The number of hydrogen-bond acceptors (Lipinski definition) is 3. The molecular weight excluding hydrogens is 311 g/mol. The van der Waals surface area contributed by atoms with Crippen LogP contribution in [0.2, 0.25) is 0 Å². The Kier molecular flexibility index (Phi) is 5.06. The number of carbonyl (C=O) groups is 1. The topological polar surface area (TPSA) is 38.8 Å². The van der Waals surface area contributed by atoms with Gasteiger partial charge in [0.25, 0.3) is 0 Å². The monoisotopic (exact) mass is 331 g/mol. The number of benzene rings is 1. The number of ether oxygens (including phenoxy) is 2. The molecule has 4 nitrogen and oxygen atoms in total. The minimum Gasteiger partial charge on any atom is -0.485 e. The van der Waals surface area contributed by atoms with E-state index >= 15 is 0 Å². The van der Waals surface area contributed by atoms with Gasteiger partial charge in [0.05, 0.1) is 6.54 Å². The van der Waals surface area contributed by atoms with E-state index in [1.807, 2.05) is 0 Å². The number of hydrogen-bond donors (Lipinski definition) is 0. The van der Waals surface area contributed by atoms with Crippen LogP contribution in [-0.2, 0) is 4.74 Å². The minimum atomic E-state index is -1.27. The van der Waals surface area contributed by atoms with Gasteiger partial charge in [-0.3, -0.25) is 0 Å². The number of nitrogens with zero attached hydrogens (tertiary/aromatic N) is 1. The van der Waals surface area contributed by atoms with Gasteiger partial charge in [0.1, 0.15) is 11.7 Å². The Hall–Kier alpha value is -1.92. The van der Waals surface area contributed by atoms with Crippen molar-refractivity contribution in [3.63, 3.8) is 0 Å². The molecule has 1 aliphatic rings. The molecule has 0 spiro atoms. The standard InChI is InChI=1S/C16H20F3NO3/c1-16(2,3)23-15(21)20-6-4-5-10(9-20)22-14-8-12(18)11(17)7-13(14)19/h7-8,10H,4-6,9H2,1-3H3/t10-/m0/s1. The van der Waals surface area contributed by atoms with Crippen LogP contribution in [0.3, 0.4) is 0 Å². The van der Waals surface area contributed by atoms with Gasteiger partial charge in [-0.2, -0.15) is 0 Å². The average Bonchev–Trinajstić information content (AvgIpc) is 2.43. The maximum Gasteiger partial charge on any atom is 0.410 e. The largest absolute Gasteiger partial charge is 0.485 e. The number of carbonyl (C=O) groups excluding carboxylic acids is 1. The smallest absolute Gasteiger partial charge is 0.410 e. The van der Waals surface area contributed by atoms with Crippen molar-refractivity contribution < 1.29 is 27.4 Å². The number of piperidine rings is 1. The molecule has 1 saturated heterocycles. The van der Waals surface area contributed by atoms with Crippen LogP contribution < -0.4 is 4.74 Å². The first-order valence-corrected chi connectivity index (χ1v) is 7.45. The zero-order valence-electron chi connectivity index (χ0n) is 13.4. The van der Waals surface area contributed by atoms with Crippen molar-refractivity contribution in [1.29, 1.82) is 0 Å². The third-order valence-corrected chi connectivity index (χ3v) is 3.30. The highest BCUT2D eigenvalue weighted by Gasteiger charge is 2.29. The fraction of sp³-hybridized carbons (Fsp3) is 0.562. The van der Waals surface area contributed by atoms with E-state index in [2.05, 4.69) is 0 Å². The lowest BCUT2D eigenvalue weighted by molar-refractivity contribution is 0.00730. The summed E-state index contributed by atoms with van der Waals surface area (Å²) in [4.78, 5) is 13.5. The van der Waals surface area contributed by atoms with Gasteiger partial charge in [-0.05, 0) is 33.6 Å². The molecule has 0 aliphatic carbocycles. The normalized spacial score (nSPS) is 18.7. The average molecular weight is 331 g/mol. The summed E-state index contributed by atoms with van der Waals surface area (Å²) in [6.07, 6.45) is 0.250. The maximum atomic E-state index is 13.6. The quantitative estimate of drug-likeness (QED) is 0.772. The first kappa shape index (κ1) is 17.4. The molecular formula is C16H20F3NO3. The molecule has 1 amide bonds. The Morgan fingerprint density at radius 3 is 2.48 bits per heavy atom. The summed E-state index contributed by atoms with van der Waals surface area (Å²) < 4.78 is 50.4. The van der Waals surface area contributed by atoms with Crippen LogP contribution in [0.5, 0.6) is 5.75 Å². The molecule has 1 atom stereocenters. The molecule has 1 aliphatic heterocycles. The predicted molar refractivity (Wildman–Crippen MR) is 77.8 cm³/mol. The lowest BCUT2D eigenvalue weighted by atomic mass is 10.1. The molecule has 1 aromatic rings. The van der Waals surface area contributed by atoms with Crippen LogP contribution >= 0.6 is 0 Å². The third-order valence-electron chi connectivity index (χ3n) is 3.30. The first-order valence-electron chi connectivity index (χ1n) is 7.45. The van der Waals surface area contributed by atoms with Gasteiger partial charge < -0.3 is 14.4 Å². The van der Waals surface area contributed by atoms with Crippen LogP contribution in [0.4, 0.5) is 18.0 Å². The number of rotatable bonds is 2. The summed E-state index contributed by atoms with van der Waals surface area (Å²) in [6.45, 7) is 6.00. The Morgan fingerprint density at radius 1 is 1.17 bits per heavy atom. The third kappa shape index (κ3) is 4.77. The Morgan fingerprint density at radius 2 is 1.83 bits per heavy atom. The summed E-state index contributed by atoms with van der Waals surface area (Å²) >= 11 is 0. The molecule has 1 aromatic carbocycles. The number of amides is 1. The number of halogens is 3. The first-order chi connectivity index (χ1) is 10.7. The summed E-state index contributed by atoms with van der Waals surface area (Å²) in [6, 6.07) is 1.12. The van der Waals surface area contributed by atoms with Gasteiger partial charge in [0, 0.05) is 18.7 Å². The van der Waals surface area contributed by atoms with Crippen LogP contribution in [0.15, 0.2) is 12.1 Å². The molecule has 0 aromatic heterocycles. The van der Waals surface area contributed by atoms with Gasteiger partial charge in [0.2, 0.25) is 0 Å². The van der Waals surface area contributed by atoms with Gasteiger partial charge in [-0.25, -0.2) is 18.0 Å². The van der Waals surface area contributed by atoms with Gasteiger partial charge in [0.15, 0.2) is 23.2 Å². The molecule has 2 rings (SSSR count). The van der Waals surface area contributed by atoms with Crippen molar-refractivity contribution >= 4 is 6.09 Å². The summed E-state index contributed by atoms with van der Waals surface area (Å²) in [5.74, 6) is -3.78. The van der Waals surface area contributed by atoms with Crippen LogP contribution in [0.1, 0.15) is 33.6 Å². The molecule has 128 valence electrons. The van der Waals surface area contributed by atoms with E-state index in [9.17, 15) is 18.0 Å². The van der Waals surface area contributed by atoms with E-state index in [4.69, 9.17) is 9.47 Å². The molecule has 0 N–H and O–H groups in total. The Labute approximate surface area is 133 Å². The van der Waals surface area contributed by atoms with Crippen LogP contribution in [-0.4, -0.2) is 35.8 Å². The maximum absolute atomic E-state index is 13.6. The lowest BCUT2D eigenvalue weighted by Gasteiger charge is -2.34. The molecule has 0 bridgehead atoms.